The molecule has 7 nitrogen and oxygen atoms in total. The van der Waals surface area contributed by atoms with Crippen molar-refractivity contribution in [3.05, 3.63) is 69.6 Å². The summed E-state index contributed by atoms with van der Waals surface area (Å²) in [5, 5.41) is 13.4. The molecule has 0 spiro atoms. The number of nitrogens with one attached hydrogen (secondary N) is 1. The number of amides is 1. The maximum absolute atomic E-state index is 14.4. The summed E-state index contributed by atoms with van der Waals surface area (Å²) in [6.45, 7) is 5.71. The van der Waals surface area contributed by atoms with E-state index < -0.39 is 29.1 Å². The van der Waals surface area contributed by atoms with Crippen molar-refractivity contribution in [2.75, 3.05) is 12.4 Å². The smallest absolute Gasteiger partial charge is 0.331 e. The van der Waals surface area contributed by atoms with Gasteiger partial charge < -0.3 is 14.6 Å². The fourth-order valence-electron chi connectivity index (χ4n) is 3.62. The van der Waals surface area contributed by atoms with Gasteiger partial charge in [-0.25, -0.2) is 18.6 Å². The predicted molar refractivity (Wildman–Crippen MR) is 139 cm³/mol. The summed E-state index contributed by atoms with van der Waals surface area (Å²) in [6.07, 6.45) is 2.96. The van der Waals surface area contributed by atoms with E-state index in [1.165, 1.54) is 6.92 Å². The normalized spacial score (nSPS) is 12.3. The number of carbonyl (C=O) groups excluding carboxylic acids is 1. The number of carboxylic acid groups (broad SMARTS) is 1. The fraction of sp³-hybridized carbons (Fsp3) is 0.296. The van der Waals surface area contributed by atoms with E-state index >= 15 is 0 Å². The molecule has 0 saturated heterocycles. The summed E-state index contributed by atoms with van der Waals surface area (Å²) in [5.41, 5.74) is 1.09. The van der Waals surface area contributed by atoms with Crippen LogP contribution in [0.4, 0.5) is 13.9 Å². The zero-order valence-corrected chi connectivity index (χ0v) is 21.7. The van der Waals surface area contributed by atoms with Crippen molar-refractivity contribution in [2.45, 2.75) is 46.3 Å². The molecule has 0 bridgehead atoms. The Morgan fingerprint density at radius 1 is 1.24 bits per heavy atom. The number of hydrogen-bond donors (Lipinski definition) is 2. The zero-order chi connectivity index (χ0) is 27.1. The molecule has 0 aliphatic carbocycles. The lowest BCUT2D eigenvalue weighted by molar-refractivity contribution is -0.132. The number of anilines is 1. The van der Waals surface area contributed by atoms with Crippen LogP contribution in [-0.4, -0.2) is 35.2 Å². The second-order valence-electron chi connectivity index (χ2n) is 8.39. The molecule has 2 N–H and O–H groups in total. The number of halogens is 2. The Hall–Kier alpha value is -3.63. The minimum Gasteiger partial charge on any atom is -0.496 e. The summed E-state index contributed by atoms with van der Waals surface area (Å²) in [7, 11) is 1.56. The average molecular weight is 531 g/mol. The maximum atomic E-state index is 14.4. The predicted octanol–water partition coefficient (Wildman–Crippen LogP) is 6.54. The van der Waals surface area contributed by atoms with Crippen molar-refractivity contribution in [1.82, 2.24) is 4.98 Å². The number of para-hydroxylation sites is 1. The van der Waals surface area contributed by atoms with Crippen LogP contribution in [0, 0.1) is 11.6 Å². The molecule has 3 rings (SSSR count). The highest BCUT2D eigenvalue weighted by molar-refractivity contribution is 7.14. The number of nitrogens with zero attached hydrogens (tertiary/aromatic N) is 1. The zero-order valence-electron chi connectivity index (χ0n) is 20.9. The summed E-state index contributed by atoms with van der Waals surface area (Å²) >= 11 is 1.15. The first-order chi connectivity index (χ1) is 17.6. The van der Waals surface area contributed by atoms with Crippen LogP contribution in [0.2, 0.25) is 0 Å². The van der Waals surface area contributed by atoms with Crippen LogP contribution in [0.25, 0.3) is 17.3 Å². The number of hydrogen-bond acceptors (Lipinski definition) is 6. The van der Waals surface area contributed by atoms with Crippen LogP contribution in [0.5, 0.6) is 5.75 Å². The molecular formula is C27H28F2N2O5S. The largest absolute Gasteiger partial charge is 0.496 e. The first-order valence-corrected chi connectivity index (χ1v) is 12.5. The molecule has 196 valence electrons. The lowest BCUT2D eigenvalue weighted by Crippen LogP contribution is -2.13. The highest BCUT2D eigenvalue weighted by Gasteiger charge is 2.18. The Morgan fingerprint density at radius 2 is 1.95 bits per heavy atom. The van der Waals surface area contributed by atoms with E-state index in [4.69, 9.17) is 14.6 Å². The number of carbonyl (C=O) groups is 2. The van der Waals surface area contributed by atoms with E-state index in [0.717, 1.165) is 48.0 Å². The molecule has 1 amide bonds. The molecule has 0 radical (unpaired) electrons. The molecule has 0 fully saturated rings. The summed E-state index contributed by atoms with van der Waals surface area (Å²) < 4.78 is 40.4. The number of carboxylic acids is 1. The number of thiazole rings is 1. The lowest BCUT2D eigenvalue weighted by atomic mass is 10.1. The molecule has 1 heterocycles. The first kappa shape index (κ1) is 27.9. The van der Waals surface area contributed by atoms with Gasteiger partial charge in [-0.2, -0.15) is 0 Å². The Balaban J connectivity index is 1.79. The van der Waals surface area contributed by atoms with Crippen LogP contribution in [-0.2, 0) is 16.1 Å². The third kappa shape index (κ3) is 6.99. The second kappa shape index (κ2) is 12.6. The van der Waals surface area contributed by atoms with E-state index in [1.807, 2.05) is 25.1 Å². The Morgan fingerprint density at radius 3 is 2.57 bits per heavy atom. The van der Waals surface area contributed by atoms with Gasteiger partial charge in [0.25, 0.3) is 5.91 Å². The van der Waals surface area contributed by atoms with Gasteiger partial charge in [-0.1, -0.05) is 25.5 Å². The van der Waals surface area contributed by atoms with Crippen molar-refractivity contribution in [3.8, 4) is 17.0 Å². The standard InChI is InChI=1S/C27H28F2N2O5S/c1-5-7-16(3)36-13-17-8-6-9-19(24(17)35-4)23-14-37-27(30-23)31-25(32)18-11-21(28)20(22(29)12-18)10-15(2)26(33)34/h6,8-12,14,16H,5,7,13H2,1-4H3,(H,33,34)(H,30,31,32). The number of ether oxygens (including phenoxy) is 2. The van der Waals surface area contributed by atoms with Gasteiger partial charge in [0.2, 0.25) is 0 Å². The number of methoxy groups -OCH3 is 1. The monoisotopic (exact) mass is 530 g/mol. The minimum absolute atomic E-state index is 0.111. The number of benzene rings is 2. The highest BCUT2D eigenvalue weighted by Crippen LogP contribution is 2.35. The van der Waals surface area contributed by atoms with Crippen molar-refractivity contribution < 1.29 is 33.0 Å². The van der Waals surface area contributed by atoms with E-state index in [-0.39, 0.29) is 22.4 Å². The summed E-state index contributed by atoms with van der Waals surface area (Å²) in [4.78, 5) is 28.1. The van der Waals surface area contributed by atoms with E-state index in [9.17, 15) is 18.4 Å². The third-order valence-corrected chi connectivity index (χ3v) is 6.32. The van der Waals surface area contributed by atoms with Crippen LogP contribution in [0.3, 0.4) is 0 Å². The molecule has 37 heavy (non-hydrogen) atoms. The molecule has 10 heteroatoms. The van der Waals surface area contributed by atoms with E-state index in [1.54, 1.807) is 12.5 Å². The maximum Gasteiger partial charge on any atom is 0.331 e. The van der Waals surface area contributed by atoms with Gasteiger partial charge in [0.1, 0.15) is 17.4 Å². The fourth-order valence-corrected chi connectivity index (χ4v) is 4.32. The van der Waals surface area contributed by atoms with Crippen LogP contribution in [0.1, 0.15) is 55.1 Å². The van der Waals surface area contributed by atoms with Gasteiger partial charge in [0.05, 0.1) is 25.5 Å². The van der Waals surface area contributed by atoms with Gasteiger partial charge in [-0.3, -0.25) is 10.1 Å². The third-order valence-electron chi connectivity index (χ3n) is 5.56. The van der Waals surface area contributed by atoms with Crippen LogP contribution < -0.4 is 10.1 Å². The molecule has 0 aliphatic rings. The van der Waals surface area contributed by atoms with Gasteiger partial charge in [-0.15, -0.1) is 11.3 Å². The molecule has 0 saturated carbocycles. The molecule has 1 atom stereocenters. The first-order valence-electron chi connectivity index (χ1n) is 11.6. The molecule has 0 aliphatic heterocycles. The quantitative estimate of drug-likeness (QED) is 0.273. The molecule has 1 aromatic heterocycles. The van der Waals surface area contributed by atoms with Crippen molar-refractivity contribution in [3.63, 3.8) is 0 Å². The number of rotatable bonds is 11. The SMILES string of the molecule is CCCC(C)OCc1cccc(-c2csc(NC(=O)c3cc(F)c(C=C(C)C(=O)O)c(F)c3)n2)c1OC. The molecule has 1 unspecified atom stereocenters. The van der Waals surface area contributed by atoms with Gasteiger partial charge >= 0.3 is 5.97 Å². The van der Waals surface area contributed by atoms with Crippen molar-refractivity contribution in [2.24, 2.45) is 0 Å². The van der Waals surface area contributed by atoms with E-state index in [2.05, 4.69) is 17.2 Å². The molecular weight excluding hydrogens is 502 g/mol. The van der Waals surface area contributed by atoms with Crippen molar-refractivity contribution in [1.29, 1.82) is 0 Å². The Labute approximate surface area is 217 Å². The Kier molecular flexibility index (Phi) is 9.48. The van der Waals surface area contributed by atoms with E-state index in [0.29, 0.717) is 23.6 Å². The van der Waals surface area contributed by atoms with Crippen LogP contribution in [0.15, 0.2) is 41.3 Å². The lowest BCUT2D eigenvalue weighted by Gasteiger charge is -2.16. The average Bonchev–Trinajstić information content (AvgIpc) is 3.32. The van der Waals surface area contributed by atoms with Gasteiger partial charge in [-0.05, 0) is 44.5 Å². The van der Waals surface area contributed by atoms with Gasteiger partial charge in [0, 0.05) is 33.2 Å². The Bertz CT molecular complexity index is 1300. The summed E-state index contributed by atoms with van der Waals surface area (Å²) in [5.74, 6) is -3.56. The number of aromatic nitrogens is 1. The minimum atomic E-state index is -1.30. The highest BCUT2D eigenvalue weighted by atomic mass is 32.1. The summed E-state index contributed by atoms with van der Waals surface area (Å²) in [6, 6.07) is 7.32. The van der Waals surface area contributed by atoms with Crippen molar-refractivity contribution >= 4 is 34.4 Å². The molecule has 2 aromatic carbocycles. The number of aliphatic carboxylic acids is 1. The topological polar surface area (TPSA) is 97.8 Å². The molecule has 3 aromatic rings. The second-order valence-corrected chi connectivity index (χ2v) is 9.24. The van der Waals surface area contributed by atoms with Gasteiger partial charge in [0.15, 0.2) is 5.13 Å². The van der Waals surface area contributed by atoms with Crippen LogP contribution >= 0.6 is 11.3 Å².